The van der Waals surface area contributed by atoms with E-state index in [-0.39, 0.29) is 11.7 Å². The van der Waals surface area contributed by atoms with Gasteiger partial charge in [0.25, 0.3) is 5.91 Å². The molecule has 4 aromatic rings. The van der Waals surface area contributed by atoms with Crippen molar-refractivity contribution in [2.45, 2.75) is 28.7 Å². The van der Waals surface area contributed by atoms with Crippen molar-refractivity contribution >= 4 is 34.9 Å². The van der Waals surface area contributed by atoms with Crippen molar-refractivity contribution in [3.8, 4) is 0 Å². The number of carbonyl (C=O) groups is 2. The number of hydrogen-bond donors (Lipinski definition) is 2. The third-order valence-electron chi connectivity index (χ3n) is 6.12. The van der Waals surface area contributed by atoms with Crippen LogP contribution in [0.4, 0.5) is 4.39 Å². The summed E-state index contributed by atoms with van der Waals surface area (Å²) < 4.78 is 19.9. The maximum Gasteiger partial charge on any atom is 0.252 e. The van der Waals surface area contributed by atoms with Crippen LogP contribution >= 0.6 is 11.8 Å². The third-order valence-corrected chi connectivity index (χ3v) is 7.10. The molecule has 0 bridgehead atoms. The highest BCUT2D eigenvalue weighted by atomic mass is 32.2. The van der Waals surface area contributed by atoms with Gasteiger partial charge < -0.3 is 15.1 Å². The first-order chi connectivity index (χ1) is 16.5. The Bertz CT molecular complexity index is 1400. The van der Waals surface area contributed by atoms with E-state index in [9.17, 15) is 14.0 Å². The summed E-state index contributed by atoms with van der Waals surface area (Å²) in [6.07, 6.45) is 1.50. The zero-order chi connectivity index (χ0) is 23.7. The molecule has 3 aromatic carbocycles. The number of hydrogen-bond acceptors (Lipinski definition) is 5. The number of rotatable bonds is 6. The molecule has 0 radical (unpaired) electrons. The van der Waals surface area contributed by atoms with Gasteiger partial charge in [0.15, 0.2) is 6.29 Å². The summed E-state index contributed by atoms with van der Waals surface area (Å²) in [6.45, 7) is 3.05. The van der Waals surface area contributed by atoms with Gasteiger partial charge in [-0.1, -0.05) is 36.0 Å². The summed E-state index contributed by atoms with van der Waals surface area (Å²) in [5.41, 5.74) is 1.99. The van der Waals surface area contributed by atoms with E-state index < -0.39 is 5.54 Å². The molecule has 0 spiro atoms. The van der Waals surface area contributed by atoms with Gasteiger partial charge in [0.2, 0.25) is 0 Å². The molecule has 34 heavy (non-hydrogen) atoms. The second-order valence-corrected chi connectivity index (χ2v) is 9.67. The van der Waals surface area contributed by atoms with E-state index in [1.807, 2.05) is 31.2 Å². The standard InChI is InChI=1S/C27H23FN2O3S/c1-27(16-29-26(32)21-8-3-2-5-17(21)15-31)25-23(11-12-30-27)22-10-9-20(14-24(22)33-25)34-19-7-4-6-18(28)13-19/h2-10,13-15,30H,11-12,16H2,1H3,(H,29,32). The molecule has 0 saturated heterocycles. The molecule has 1 unspecified atom stereocenters. The lowest BCUT2D eigenvalue weighted by Crippen LogP contribution is -2.52. The number of fused-ring (bicyclic) bond motifs is 3. The number of aldehydes is 1. The van der Waals surface area contributed by atoms with Crippen LogP contribution in [-0.4, -0.2) is 25.3 Å². The van der Waals surface area contributed by atoms with Crippen LogP contribution in [0.15, 0.2) is 80.9 Å². The SMILES string of the molecule is CC1(CNC(=O)c2ccccc2C=O)NCCc2c1oc1cc(Sc3cccc(F)c3)ccc21. The molecule has 7 heteroatoms. The molecule has 0 fully saturated rings. The quantitative estimate of drug-likeness (QED) is 0.370. The van der Waals surface area contributed by atoms with Crippen LogP contribution in [0.2, 0.25) is 0 Å². The average molecular weight is 475 g/mol. The van der Waals surface area contributed by atoms with Gasteiger partial charge in [0, 0.05) is 45.0 Å². The first kappa shape index (κ1) is 22.4. The number of benzene rings is 3. The van der Waals surface area contributed by atoms with Crippen molar-refractivity contribution in [3.63, 3.8) is 0 Å². The maximum absolute atomic E-state index is 13.6. The fraction of sp³-hybridized carbons (Fsp3) is 0.185. The first-order valence-corrected chi connectivity index (χ1v) is 11.9. The minimum absolute atomic E-state index is 0.265. The molecule has 1 aromatic heterocycles. The number of halogens is 1. The molecule has 0 saturated carbocycles. The Labute approximate surface area is 200 Å². The van der Waals surface area contributed by atoms with E-state index in [0.717, 1.165) is 45.0 Å². The summed E-state index contributed by atoms with van der Waals surface area (Å²) in [5, 5.41) is 7.49. The lowest BCUT2D eigenvalue weighted by atomic mass is 9.89. The van der Waals surface area contributed by atoms with Crippen LogP contribution in [0.5, 0.6) is 0 Å². The van der Waals surface area contributed by atoms with Crippen LogP contribution in [0.1, 0.15) is 39.0 Å². The summed E-state index contributed by atoms with van der Waals surface area (Å²) in [6, 6.07) is 19.3. The second-order valence-electron chi connectivity index (χ2n) is 8.52. The van der Waals surface area contributed by atoms with Crippen molar-refractivity contribution < 1.29 is 18.4 Å². The van der Waals surface area contributed by atoms with Crippen LogP contribution in [0.25, 0.3) is 11.0 Å². The largest absolute Gasteiger partial charge is 0.459 e. The summed E-state index contributed by atoms with van der Waals surface area (Å²) in [5.74, 6) is 0.229. The zero-order valence-corrected chi connectivity index (χ0v) is 19.4. The summed E-state index contributed by atoms with van der Waals surface area (Å²) in [7, 11) is 0. The van der Waals surface area contributed by atoms with E-state index in [2.05, 4.69) is 10.6 Å². The first-order valence-electron chi connectivity index (χ1n) is 11.0. The minimum atomic E-state index is -0.603. The lowest BCUT2D eigenvalue weighted by Gasteiger charge is -2.34. The lowest BCUT2D eigenvalue weighted by molar-refractivity contribution is 0.0930. The predicted molar refractivity (Wildman–Crippen MR) is 130 cm³/mol. The second kappa shape index (κ2) is 9.08. The average Bonchev–Trinajstić information content (AvgIpc) is 3.22. The molecule has 1 atom stereocenters. The van der Waals surface area contributed by atoms with Gasteiger partial charge >= 0.3 is 0 Å². The molecular weight excluding hydrogens is 451 g/mol. The van der Waals surface area contributed by atoms with E-state index >= 15 is 0 Å². The highest BCUT2D eigenvalue weighted by molar-refractivity contribution is 7.99. The van der Waals surface area contributed by atoms with Crippen LogP contribution in [0.3, 0.4) is 0 Å². The van der Waals surface area contributed by atoms with Crippen LogP contribution in [-0.2, 0) is 12.0 Å². The molecule has 1 aliphatic heterocycles. The Morgan fingerprint density at radius 3 is 2.79 bits per heavy atom. The highest BCUT2D eigenvalue weighted by Gasteiger charge is 2.37. The van der Waals surface area contributed by atoms with Gasteiger partial charge in [-0.25, -0.2) is 4.39 Å². The normalized spacial score (nSPS) is 17.4. The van der Waals surface area contributed by atoms with Gasteiger partial charge in [-0.3, -0.25) is 9.59 Å². The van der Waals surface area contributed by atoms with Gasteiger partial charge in [-0.2, -0.15) is 0 Å². The molecule has 5 rings (SSSR count). The Kier molecular flexibility index (Phi) is 5.98. The topological polar surface area (TPSA) is 71.3 Å². The number of furan rings is 1. The Hall–Kier alpha value is -3.42. The third kappa shape index (κ3) is 4.24. The monoisotopic (exact) mass is 474 g/mol. The van der Waals surface area contributed by atoms with Crippen molar-refractivity contribution in [2.75, 3.05) is 13.1 Å². The zero-order valence-electron chi connectivity index (χ0n) is 18.6. The molecule has 0 aliphatic carbocycles. The molecule has 172 valence electrons. The van der Waals surface area contributed by atoms with Crippen molar-refractivity contribution in [2.24, 2.45) is 0 Å². The van der Waals surface area contributed by atoms with Crippen molar-refractivity contribution in [1.82, 2.24) is 10.6 Å². The number of amides is 1. The van der Waals surface area contributed by atoms with E-state index in [0.29, 0.717) is 24.0 Å². The van der Waals surface area contributed by atoms with E-state index in [1.54, 1.807) is 30.3 Å². The summed E-state index contributed by atoms with van der Waals surface area (Å²) in [4.78, 5) is 25.8. The Balaban J connectivity index is 1.40. The molecule has 5 nitrogen and oxygen atoms in total. The molecule has 1 amide bonds. The van der Waals surface area contributed by atoms with Gasteiger partial charge in [0.1, 0.15) is 17.2 Å². The van der Waals surface area contributed by atoms with E-state index in [4.69, 9.17) is 4.42 Å². The van der Waals surface area contributed by atoms with Crippen LogP contribution < -0.4 is 10.6 Å². The van der Waals surface area contributed by atoms with Gasteiger partial charge in [-0.15, -0.1) is 0 Å². The highest BCUT2D eigenvalue weighted by Crippen LogP contribution is 2.38. The maximum atomic E-state index is 13.6. The Morgan fingerprint density at radius 2 is 1.97 bits per heavy atom. The van der Waals surface area contributed by atoms with Gasteiger partial charge in [-0.05, 0) is 55.8 Å². The van der Waals surface area contributed by atoms with E-state index in [1.165, 1.54) is 23.9 Å². The number of carbonyl (C=O) groups excluding carboxylic acids is 2. The molecular formula is C27H23FN2O3S. The molecule has 2 N–H and O–H groups in total. The summed E-state index contributed by atoms with van der Waals surface area (Å²) >= 11 is 1.48. The van der Waals surface area contributed by atoms with Crippen LogP contribution in [0, 0.1) is 5.82 Å². The van der Waals surface area contributed by atoms with Gasteiger partial charge in [0.05, 0.1) is 5.54 Å². The minimum Gasteiger partial charge on any atom is -0.459 e. The fourth-order valence-corrected chi connectivity index (χ4v) is 5.29. The smallest absolute Gasteiger partial charge is 0.252 e. The Morgan fingerprint density at radius 1 is 1.15 bits per heavy atom. The molecule has 2 heterocycles. The predicted octanol–water partition coefficient (Wildman–Crippen LogP) is 5.33. The van der Waals surface area contributed by atoms with Crippen molar-refractivity contribution in [1.29, 1.82) is 0 Å². The number of nitrogens with one attached hydrogen (secondary N) is 2. The molecule has 1 aliphatic rings. The fourth-order valence-electron chi connectivity index (χ4n) is 4.40. The van der Waals surface area contributed by atoms with Crippen molar-refractivity contribution in [3.05, 3.63) is 95.0 Å².